The van der Waals surface area contributed by atoms with E-state index in [1.807, 2.05) is 0 Å². The second-order valence-corrected chi connectivity index (χ2v) is 52.9. The molecular weight excluding hydrogens is 383 g/mol. The van der Waals surface area contributed by atoms with Crippen LogP contribution in [0.15, 0.2) is 10.3 Å². The normalized spacial score (nSPS) is 35.3. The lowest BCUT2D eigenvalue weighted by molar-refractivity contribution is -0.00237. The lowest BCUT2D eigenvalue weighted by Gasteiger charge is -2.56. The van der Waals surface area contributed by atoms with Crippen LogP contribution in [0.2, 0.25) is 58.9 Å². The van der Waals surface area contributed by atoms with Gasteiger partial charge in [-0.05, 0) is 56.3 Å². The Bertz CT molecular complexity index is 497. The highest BCUT2D eigenvalue weighted by atomic mass is 29.9. The number of hydrogen-bond acceptors (Lipinski definition) is 2. The Morgan fingerprint density at radius 1 is 0.654 bits per heavy atom. The molecule has 0 aromatic carbocycles. The van der Waals surface area contributed by atoms with Gasteiger partial charge < -0.3 is 5.09 Å². The molecule has 1 N–H and O–H groups in total. The zero-order valence-electron chi connectivity index (χ0n) is 18.9. The Morgan fingerprint density at radius 2 is 1.00 bits per heavy atom. The van der Waals surface area contributed by atoms with E-state index in [0.29, 0.717) is 0 Å². The van der Waals surface area contributed by atoms with Crippen molar-refractivity contribution in [2.45, 2.75) is 103 Å². The van der Waals surface area contributed by atoms with Crippen LogP contribution in [0.25, 0.3) is 0 Å². The number of nitrogens with zero attached hydrogens (tertiary/aromatic N) is 2. The summed E-state index contributed by atoms with van der Waals surface area (Å²) in [4.78, 5) is 0. The molecule has 0 spiro atoms. The average Bonchev–Trinajstić information content (AvgIpc) is 2.37. The van der Waals surface area contributed by atoms with Gasteiger partial charge in [0.05, 0.1) is 28.3 Å². The lowest BCUT2D eigenvalue weighted by Crippen LogP contribution is -2.88. The van der Waals surface area contributed by atoms with Crippen LogP contribution in [0.1, 0.15) is 38.5 Å². The summed E-state index contributed by atoms with van der Waals surface area (Å²) in [6.45, 7) is 21.9. The predicted octanol–water partition coefficient (Wildman–Crippen LogP) is 6.11. The van der Waals surface area contributed by atoms with Crippen LogP contribution in [-0.4, -0.2) is 35.1 Å². The molecule has 0 atom stereocenters. The number of nitrogens with one attached hydrogen (secondary N) is 1. The first-order valence-corrected chi connectivity index (χ1v) is 26.4. The summed E-state index contributed by atoms with van der Waals surface area (Å²) in [6, 6.07) is 0. The van der Waals surface area contributed by atoms with Gasteiger partial charge in [-0.15, -0.1) is 0 Å². The second-order valence-electron chi connectivity index (χ2n) is 13.0. The first-order valence-electron chi connectivity index (χ1n) is 10.9. The molecule has 4 rings (SSSR count). The number of hydrogen-bond donors (Lipinski definition) is 1. The van der Waals surface area contributed by atoms with Crippen molar-refractivity contribution in [3.05, 3.63) is 0 Å². The van der Waals surface area contributed by atoms with E-state index < -0.39 is 29.6 Å². The molecule has 4 bridgehead atoms. The highest BCUT2D eigenvalue weighted by Crippen LogP contribution is 2.57. The van der Waals surface area contributed by atoms with Gasteiger partial charge in [0, 0.05) is 0 Å². The minimum atomic E-state index is -1.63. The standard InChI is InChI=1S/C19H43N3Si4/c1-23(2,3)26(24(4,5)6,25(7,8)9)22-21-20-19-13-16-10-17(14-19)12-18(11-16)15-19/h16-18H,10-15H2,1-9H3,(H,20,22). The van der Waals surface area contributed by atoms with E-state index in [-0.39, 0.29) is 5.54 Å². The van der Waals surface area contributed by atoms with Crippen LogP contribution in [0.5, 0.6) is 0 Å². The molecule has 150 valence electrons. The molecule has 4 fully saturated rings. The van der Waals surface area contributed by atoms with Crippen LogP contribution in [0, 0.1) is 17.8 Å². The zero-order valence-corrected chi connectivity index (χ0v) is 22.9. The molecule has 0 radical (unpaired) electrons. The van der Waals surface area contributed by atoms with E-state index in [2.05, 4.69) is 64.0 Å². The maximum Gasteiger partial charge on any atom is 0.146 e. The summed E-state index contributed by atoms with van der Waals surface area (Å²) >= 11 is 0. The Kier molecular flexibility index (Phi) is 5.16. The Balaban J connectivity index is 1.88. The quantitative estimate of drug-likeness (QED) is 0.311. The fraction of sp³-hybridized carbons (Fsp3) is 1.00. The topological polar surface area (TPSA) is 36.8 Å². The lowest BCUT2D eigenvalue weighted by atomic mass is 9.53. The van der Waals surface area contributed by atoms with Crippen molar-refractivity contribution >= 4 is 29.6 Å². The van der Waals surface area contributed by atoms with E-state index in [1.165, 1.54) is 38.5 Å². The maximum atomic E-state index is 5.16. The van der Waals surface area contributed by atoms with Crippen molar-refractivity contribution in [2.75, 3.05) is 0 Å². The van der Waals surface area contributed by atoms with Crippen LogP contribution in [0.3, 0.4) is 0 Å². The molecule has 4 saturated carbocycles. The van der Waals surface area contributed by atoms with Gasteiger partial charge in [0.15, 0.2) is 0 Å². The van der Waals surface area contributed by atoms with Gasteiger partial charge in [-0.2, -0.15) is 5.11 Å². The van der Waals surface area contributed by atoms with E-state index in [9.17, 15) is 0 Å². The van der Waals surface area contributed by atoms with Crippen molar-refractivity contribution in [3.8, 4) is 0 Å². The minimum Gasteiger partial charge on any atom is -0.327 e. The molecule has 3 nitrogen and oxygen atoms in total. The first kappa shape index (κ1) is 21.0. The van der Waals surface area contributed by atoms with Gasteiger partial charge >= 0.3 is 0 Å². The number of rotatable bonds is 6. The molecule has 0 amide bonds. The van der Waals surface area contributed by atoms with Crippen molar-refractivity contribution < 1.29 is 0 Å². The highest BCUT2D eigenvalue weighted by Gasteiger charge is 2.63. The molecule has 0 aromatic rings. The molecule has 0 unspecified atom stereocenters. The zero-order chi connectivity index (χ0) is 19.6. The van der Waals surface area contributed by atoms with E-state index in [4.69, 9.17) is 10.3 Å². The third-order valence-electron chi connectivity index (χ3n) is 7.86. The summed E-state index contributed by atoms with van der Waals surface area (Å²) in [5, 5.41) is 14.1. The molecule has 0 aliphatic heterocycles. The van der Waals surface area contributed by atoms with Crippen LogP contribution >= 0.6 is 0 Å². The van der Waals surface area contributed by atoms with Gasteiger partial charge in [0.1, 0.15) is 6.79 Å². The first-order chi connectivity index (χ1) is 11.7. The molecule has 0 aromatic heterocycles. The van der Waals surface area contributed by atoms with Crippen molar-refractivity contribution in [3.63, 3.8) is 0 Å². The van der Waals surface area contributed by atoms with Gasteiger partial charge in [-0.3, -0.25) is 0 Å². The molecule has 26 heavy (non-hydrogen) atoms. The van der Waals surface area contributed by atoms with Crippen LogP contribution in [-0.2, 0) is 0 Å². The molecule has 0 heterocycles. The van der Waals surface area contributed by atoms with Gasteiger partial charge in [-0.25, -0.2) is 0 Å². The fourth-order valence-corrected chi connectivity index (χ4v) is 101. The summed E-state index contributed by atoms with van der Waals surface area (Å²) in [5.74, 6) is 2.86. The monoisotopic (exact) mass is 425 g/mol. The van der Waals surface area contributed by atoms with Crippen molar-refractivity contribution in [1.29, 1.82) is 0 Å². The van der Waals surface area contributed by atoms with E-state index in [1.54, 1.807) is 0 Å². The van der Waals surface area contributed by atoms with Gasteiger partial charge in [0.25, 0.3) is 0 Å². The van der Waals surface area contributed by atoms with E-state index >= 15 is 0 Å². The summed E-state index contributed by atoms with van der Waals surface area (Å²) in [6.07, 6.45) is 8.43. The molecule has 4 aliphatic rings. The minimum absolute atomic E-state index is 0.209. The van der Waals surface area contributed by atoms with Crippen molar-refractivity contribution in [2.24, 2.45) is 28.1 Å². The Labute approximate surface area is 165 Å². The Morgan fingerprint density at radius 3 is 1.31 bits per heavy atom. The van der Waals surface area contributed by atoms with Crippen LogP contribution < -0.4 is 5.09 Å². The predicted molar refractivity (Wildman–Crippen MR) is 125 cm³/mol. The SMILES string of the molecule is C[Si](C)(C)[Si](NN=NC12CC3CC(CC(C3)C1)C2)([Si](C)(C)C)[Si](C)(C)C. The third kappa shape index (κ3) is 3.39. The molecule has 4 aliphatic carbocycles. The van der Waals surface area contributed by atoms with Gasteiger partial charge in [0.2, 0.25) is 0 Å². The second kappa shape index (κ2) is 6.39. The van der Waals surface area contributed by atoms with Crippen molar-refractivity contribution in [1.82, 2.24) is 5.09 Å². The molecule has 0 saturated heterocycles. The molecule has 7 heteroatoms. The van der Waals surface area contributed by atoms with E-state index in [0.717, 1.165) is 17.8 Å². The average molecular weight is 426 g/mol. The summed E-state index contributed by atoms with van der Waals surface area (Å²) in [5.41, 5.74) is 0.209. The summed E-state index contributed by atoms with van der Waals surface area (Å²) < 4.78 is 0. The smallest absolute Gasteiger partial charge is 0.146 e. The van der Waals surface area contributed by atoms with Crippen LogP contribution in [0.4, 0.5) is 0 Å². The largest absolute Gasteiger partial charge is 0.327 e. The third-order valence-corrected chi connectivity index (χ3v) is 76.8. The maximum absolute atomic E-state index is 5.16. The highest BCUT2D eigenvalue weighted by molar-refractivity contribution is 7.88. The van der Waals surface area contributed by atoms with Gasteiger partial charge in [-0.1, -0.05) is 64.1 Å². The summed E-state index contributed by atoms with van der Waals surface area (Å²) in [7, 11) is -4.01. The Hall–Kier alpha value is 0.268. The fourth-order valence-electron chi connectivity index (χ4n) is 8.27. The molecular formula is C19H43N3Si4.